The fourth-order valence-electron chi connectivity index (χ4n) is 1.14. The number of hydroxylamine groups is 2. The van der Waals surface area contributed by atoms with E-state index in [4.69, 9.17) is 4.84 Å². The summed E-state index contributed by atoms with van der Waals surface area (Å²) < 4.78 is 0. The third-order valence-corrected chi connectivity index (χ3v) is 5.41. The fraction of sp³-hybridized carbons (Fsp3) is 1.00. The minimum atomic E-state index is -0.240. The van der Waals surface area contributed by atoms with E-state index in [9.17, 15) is 0 Å². The molecule has 0 aliphatic heterocycles. The molecular weight excluding hydrogens is 230 g/mol. The molecule has 17 heavy (non-hydrogen) atoms. The van der Waals surface area contributed by atoms with Gasteiger partial charge in [0.25, 0.3) is 0 Å². The van der Waals surface area contributed by atoms with Gasteiger partial charge in [-0.2, -0.15) is 17.7 Å². The van der Waals surface area contributed by atoms with Gasteiger partial charge in [0.2, 0.25) is 0 Å². The monoisotopic (exact) mass is 261 g/mol. The molecule has 2 nitrogen and oxygen atoms in total. The van der Waals surface area contributed by atoms with Crippen LogP contribution in [0.15, 0.2) is 0 Å². The van der Waals surface area contributed by atoms with E-state index < -0.39 is 0 Å². The number of rotatable bonds is 6. The van der Waals surface area contributed by atoms with Gasteiger partial charge in [0.1, 0.15) is 0 Å². The van der Waals surface area contributed by atoms with Crippen LogP contribution in [0.2, 0.25) is 0 Å². The molecule has 0 aliphatic carbocycles. The minimum absolute atomic E-state index is 0.0178. The van der Waals surface area contributed by atoms with Crippen molar-refractivity contribution < 1.29 is 4.84 Å². The molecule has 104 valence electrons. The van der Waals surface area contributed by atoms with E-state index in [2.05, 4.69) is 68.0 Å². The van der Waals surface area contributed by atoms with E-state index in [1.807, 2.05) is 12.1 Å². The summed E-state index contributed by atoms with van der Waals surface area (Å²) in [4.78, 5) is 6.20. The Bertz CT molecular complexity index is 247. The van der Waals surface area contributed by atoms with Crippen LogP contribution >= 0.6 is 12.6 Å². The fourth-order valence-corrected chi connectivity index (χ4v) is 1.52. The Kier molecular flexibility index (Phi) is 5.58. The highest BCUT2D eigenvalue weighted by Crippen LogP contribution is 2.37. The smallest absolute Gasteiger partial charge is 0.0902 e. The molecule has 0 bridgehead atoms. The first-order valence-electron chi connectivity index (χ1n) is 6.42. The molecule has 0 aromatic rings. The molecule has 0 aliphatic rings. The molecular formula is C14H31NOS. The van der Waals surface area contributed by atoms with Crippen LogP contribution < -0.4 is 0 Å². The molecule has 0 spiro atoms. The molecule has 0 radical (unpaired) electrons. The van der Waals surface area contributed by atoms with E-state index in [-0.39, 0.29) is 16.6 Å². The van der Waals surface area contributed by atoms with Crippen molar-refractivity contribution in [2.24, 2.45) is 11.3 Å². The van der Waals surface area contributed by atoms with Crippen LogP contribution in [0.3, 0.4) is 0 Å². The summed E-state index contributed by atoms with van der Waals surface area (Å²) in [5.41, 5.74) is -0.197. The molecule has 0 aromatic heterocycles. The maximum Gasteiger partial charge on any atom is 0.0902 e. The lowest BCUT2D eigenvalue weighted by Crippen LogP contribution is -2.53. The van der Waals surface area contributed by atoms with E-state index in [1.165, 1.54) is 0 Å². The summed E-state index contributed by atoms with van der Waals surface area (Å²) in [5.74, 6) is 1.33. The zero-order valence-corrected chi connectivity index (χ0v) is 14.0. The van der Waals surface area contributed by atoms with E-state index in [0.717, 1.165) is 5.75 Å². The summed E-state index contributed by atoms with van der Waals surface area (Å²) >= 11 is 4.43. The molecule has 0 saturated heterocycles. The van der Waals surface area contributed by atoms with Crippen LogP contribution in [-0.2, 0) is 4.84 Å². The lowest BCUT2D eigenvalue weighted by atomic mass is 9.79. The molecule has 0 amide bonds. The van der Waals surface area contributed by atoms with E-state index >= 15 is 0 Å². The van der Waals surface area contributed by atoms with Crippen LogP contribution in [-0.4, -0.2) is 29.0 Å². The Hall–Kier alpha value is 0.270. The number of nitrogens with zero attached hydrogens (tertiary/aromatic N) is 1. The predicted octanol–water partition coefficient (Wildman–Crippen LogP) is 4.02. The Morgan fingerprint density at radius 3 is 1.76 bits per heavy atom. The molecule has 3 heteroatoms. The first kappa shape index (κ1) is 17.3. The van der Waals surface area contributed by atoms with Gasteiger partial charge < -0.3 is 0 Å². The Labute approximate surface area is 113 Å². The standard InChI is InChI=1S/C14H31NOS/c1-11(2)13(5,6)15(9)16-14(7,8)12(3,4)10-17/h11,17H,10H2,1-9H3. The van der Waals surface area contributed by atoms with Gasteiger partial charge in [-0.3, -0.25) is 4.84 Å². The second-order valence-corrected chi connectivity index (χ2v) is 7.27. The number of hydrogen-bond acceptors (Lipinski definition) is 3. The molecule has 0 aromatic carbocycles. The molecule has 0 fully saturated rings. The summed E-state index contributed by atoms with van der Waals surface area (Å²) in [6, 6.07) is 0. The minimum Gasteiger partial charge on any atom is -0.292 e. The van der Waals surface area contributed by atoms with Crippen LogP contribution in [0.4, 0.5) is 0 Å². The van der Waals surface area contributed by atoms with Gasteiger partial charge in [-0.25, -0.2) is 0 Å². The molecule has 0 rings (SSSR count). The topological polar surface area (TPSA) is 12.5 Å². The molecule has 0 heterocycles. The normalized spacial score (nSPS) is 14.8. The summed E-state index contributed by atoms with van der Waals surface area (Å²) in [7, 11) is 2.02. The molecule has 0 saturated carbocycles. The van der Waals surface area contributed by atoms with Crippen molar-refractivity contribution in [3.63, 3.8) is 0 Å². The van der Waals surface area contributed by atoms with Gasteiger partial charge in [-0.15, -0.1) is 0 Å². The van der Waals surface area contributed by atoms with Crippen LogP contribution in [0.5, 0.6) is 0 Å². The van der Waals surface area contributed by atoms with Crippen molar-refractivity contribution in [3.05, 3.63) is 0 Å². The van der Waals surface area contributed by atoms with Crippen molar-refractivity contribution in [1.82, 2.24) is 5.06 Å². The zero-order chi connectivity index (χ0) is 14.1. The third kappa shape index (κ3) is 3.87. The van der Waals surface area contributed by atoms with Crippen LogP contribution in [0.25, 0.3) is 0 Å². The van der Waals surface area contributed by atoms with Gasteiger partial charge in [0, 0.05) is 18.0 Å². The van der Waals surface area contributed by atoms with Crippen LogP contribution in [0, 0.1) is 11.3 Å². The van der Waals surface area contributed by atoms with Crippen molar-refractivity contribution in [2.75, 3.05) is 12.8 Å². The molecule has 0 unspecified atom stereocenters. The lowest BCUT2D eigenvalue weighted by Gasteiger charge is -2.47. The van der Waals surface area contributed by atoms with Crippen molar-refractivity contribution in [2.45, 2.75) is 66.5 Å². The number of hydrogen-bond donors (Lipinski definition) is 1. The summed E-state index contributed by atoms with van der Waals surface area (Å²) in [6.07, 6.45) is 0. The largest absolute Gasteiger partial charge is 0.292 e. The Balaban J connectivity index is 4.85. The average molecular weight is 261 g/mol. The van der Waals surface area contributed by atoms with Crippen LogP contribution in [0.1, 0.15) is 55.4 Å². The summed E-state index contributed by atoms with van der Waals surface area (Å²) in [5, 5.41) is 2.00. The maximum atomic E-state index is 6.20. The van der Waals surface area contributed by atoms with Gasteiger partial charge in [-0.1, -0.05) is 27.7 Å². The highest BCUT2D eigenvalue weighted by atomic mass is 32.1. The first-order valence-corrected chi connectivity index (χ1v) is 7.05. The number of thiol groups is 1. The predicted molar refractivity (Wildman–Crippen MR) is 79.5 cm³/mol. The zero-order valence-electron chi connectivity index (χ0n) is 13.1. The lowest BCUT2D eigenvalue weighted by molar-refractivity contribution is -0.294. The first-order chi connectivity index (χ1) is 7.38. The van der Waals surface area contributed by atoms with Crippen molar-refractivity contribution in [3.8, 4) is 0 Å². The average Bonchev–Trinajstić information content (AvgIpc) is 2.16. The van der Waals surface area contributed by atoms with Gasteiger partial charge in [0.15, 0.2) is 0 Å². The summed E-state index contributed by atoms with van der Waals surface area (Å²) in [6.45, 7) is 17.5. The van der Waals surface area contributed by atoms with Gasteiger partial charge in [-0.05, 0) is 39.4 Å². The SMILES string of the molecule is CC(C)C(C)(C)N(C)OC(C)(C)C(C)(C)CS. The Morgan fingerprint density at radius 1 is 1.06 bits per heavy atom. The second kappa shape index (κ2) is 5.50. The highest BCUT2D eigenvalue weighted by Gasteiger charge is 2.41. The Morgan fingerprint density at radius 2 is 1.47 bits per heavy atom. The van der Waals surface area contributed by atoms with Gasteiger partial charge >= 0.3 is 0 Å². The van der Waals surface area contributed by atoms with Crippen molar-refractivity contribution in [1.29, 1.82) is 0 Å². The van der Waals surface area contributed by atoms with E-state index in [0.29, 0.717) is 5.92 Å². The second-order valence-electron chi connectivity index (χ2n) is 6.95. The third-order valence-electron chi connectivity index (χ3n) is 4.61. The molecule has 0 N–H and O–H groups in total. The quantitative estimate of drug-likeness (QED) is 0.573. The maximum absolute atomic E-state index is 6.20. The van der Waals surface area contributed by atoms with E-state index in [1.54, 1.807) is 0 Å². The van der Waals surface area contributed by atoms with Gasteiger partial charge in [0.05, 0.1) is 5.60 Å². The van der Waals surface area contributed by atoms with Crippen molar-refractivity contribution >= 4 is 12.6 Å². The highest BCUT2D eigenvalue weighted by molar-refractivity contribution is 7.80. The molecule has 0 atom stereocenters.